The number of carbonyl (C=O) groups is 1. The number of hydrogen-bond acceptors (Lipinski definition) is 5. The van der Waals surface area contributed by atoms with Crippen LogP contribution in [0.5, 0.6) is 5.75 Å². The molecule has 5 nitrogen and oxygen atoms in total. The number of piperidine rings is 1. The van der Waals surface area contributed by atoms with E-state index in [1.807, 2.05) is 19.9 Å². The lowest BCUT2D eigenvalue weighted by Gasteiger charge is -2.43. The van der Waals surface area contributed by atoms with Gasteiger partial charge >= 0.3 is 0 Å². The van der Waals surface area contributed by atoms with Crippen LogP contribution < -0.4 is 10.6 Å². The molecule has 0 bridgehead atoms. The second-order valence-corrected chi connectivity index (χ2v) is 7.31. The number of halogens is 1. The van der Waals surface area contributed by atoms with Gasteiger partial charge in [-0.3, -0.25) is 14.8 Å². The number of rotatable bonds is 1. The van der Waals surface area contributed by atoms with Gasteiger partial charge in [-0.2, -0.15) is 0 Å². The third kappa shape index (κ3) is 2.31. The van der Waals surface area contributed by atoms with Crippen LogP contribution in [0.25, 0.3) is 0 Å². The van der Waals surface area contributed by atoms with Gasteiger partial charge < -0.3 is 4.74 Å². The fraction of sp³-hybridized carbons (Fsp3) is 0.429. The minimum Gasteiger partial charge on any atom is -0.495 e. The highest BCUT2D eigenvalue weighted by Crippen LogP contribution is 2.46. The van der Waals surface area contributed by atoms with Crippen molar-refractivity contribution in [3.05, 3.63) is 17.2 Å². The Bertz CT molecular complexity index is 660. The van der Waals surface area contributed by atoms with Crippen LogP contribution in [0.4, 0.5) is 5.69 Å². The average Bonchev–Trinajstić information content (AvgIpc) is 2.42. The lowest BCUT2D eigenvalue weighted by atomic mass is 9.89. The summed E-state index contributed by atoms with van der Waals surface area (Å²) >= 11 is 7.60. The van der Waals surface area contributed by atoms with Crippen molar-refractivity contribution in [1.82, 2.24) is 5.01 Å². The number of methoxy groups -OCH3 is 1. The fourth-order valence-electron chi connectivity index (χ4n) is 2.55. The molecule has 1 amide bonds. The van der Waals surface area contributed by atoms with E-state index in [2.05, 4.69) is 4.99 Å². The summed E-state index contributed by atoms with van der Waals surface area (Å²) in [6.07, 6.45) is 0.649. The van der Waals surface area contributed by atoms with E-state index < -0.39 is 5.54 Å². The number of nitrogens with zero attached hydrogens (tertiary/aromatic N) is 2. The molecule has 1 atom stereocenters. The summed E-state index contributed by atoms with van der Waals surface area (Å²) in [5.74, 6) is 6.40. The zero-order valence-electron chi connectivity index (χ0n) is 12.0. The molecule has 21 heavy (non-hydrogen) atoms. The van der Waals surface area contributed by atoms with Crippen molar-refractivity contribution in [1.29, 1.82) is 0 Å². The first-order chi connectivity index (χ1) is 9.83. The number of benzene rings is 1. The van der Waals surface area contributed by atoms with Gasteiger partial charge in [0.15, 0.2) is 0 Å². The van der Waals surface area contributed by atoms with E-state index in [-0.39, 0.29) is 11.2 Å². The van der Waals surface area contributed by atoms with Gasteiger partial charge in [0, 0.05) is 17.0 Å². The number of nitrogens with two attached hydrogens (primary N) is 1. The monoisotopic (exact) mass is 325 g/mol. The zero-order valence-corrected chi connectivity index (χ0v) is 13.6. The molecule has 0 radical (unpaired) electrons. The zero-order chi connectivity index (χ0) is 15.4. The van der Waals surface area contributed by atoms with E-state index in [9.17, 15) is 4.79 Å². The maximum atomic E-state index is 12.4. The molecule has 112 valence electrons. The van der Waals surface area contributed by atoms with Gasteiger partial charge in [0.1, 0.15) is 11.0 Å². The van der Waals surface area contributed by atoms with Crippen LogP contribution in [-0.4, -0.2) is 34.5 Å². The third-order valence-corrected chi connectivity index (χ3v) is 5.36. The molecule has 7 heteroatoms. The Hall–Kier alpha value is -1.24. The number of hydrazine groups is 1. The number of fused-ring (bicyclic) bond motifs is 2. The van der Waals surface area contributed by atoms with E-state index in [4.69, 9.17) is 22.2 Å². The lowest BCUT2D eigenvalue weighted by molar-refractivity contribution is -0.136. The Morgan fingerprint density at radius 3 is 2.90 bits per heavy atom. The van der Waals surface area contributed by atoms with Gasteiger partial charge in [-0.15, -0.1) is 11.8 Å². The smallest absolute Gasteiger partial charge is 0.256 e. The van der Waals surface area contributed by atoms with E-state index >= 15 is 0 Å². The van der Waals surface area contributed by atoms with Crippen LogP contribution in [0.15, 0.2) is 22.0 Å². The molecule has 2 N–H and O–H groups in total. The minimum atomic E-state index is -0.430. The number of thioether (sulfide) groups is 1. The van der Waals surface area contributed by atoms with Gasteiger partial charge in [0.2, 0.25) is 0 Å². The van der Waals surface area contributed by atoms with Gasteiger partial charge in [-0.25, -0.2) is 5.84 Å². The maximum absolute atomic E-state index is 12.4. The van der Waals surface area contributed by atoms with Gasteiger partial charge in [-0.1, -0.05) is 11.6 Å². The molecule has 0 aromatic heterocycles. The predicted molar refractivity (Wildman–Crippen MR) is 84.5 cm³/mol. The third-order valence-electron chi connectivity index (χ3n) is 3.77. The average molecular weight is 326 g/mol. The normalized spacial score (nSPS) is 23.3. The fourth-order valence-corrected chi connectivity index (χ4v) is 3.92. The first-order valence-electron chi connectivity index (χ1n) is 6.54. The number of hydrogen-bond donors (Lipinski definition) is 1. The predicted octanol–water partition coefficient (Wildman–Crippen LogP) is 2.78. The Kier molecular flexibility index (Phi) is 3.43. The van der Waals surface area contributed by atoms with Crippen molar-refractivity contribution in [2.24, 2.45) is 10.8 Å². The van der Waals surface area contributed by atoms with Crippen molar-refractivity contribution >= 4 is 40.7 Å². The SMILES string of the molecule is COc1cc2c(cc1Cl)N=C1CC(C)(C)N(N)C(=O)C1S2. The first kappa shape index (κ1) is 14.7. The van der Waals surface area contributed by atoms with Crippen molar-refractivity contribution in [3.8, 4) is 5.75 Å². The highest BCUT2D eigenvalue weighted by Gasteiger charge is 2.45. The summed E-state index contributed by atoms with van der Waals surface area (Å²) in [7, 11) is 1.56. The van der Waals surface area contributed by atoms with Crippen LogP contribution in [-0.2, 0) is 4.79 Å². The summed E-state index contributed by atoms with van der Waals surface area (Å²) in [5, 5.41) is 1.48. The number of aliphatic imine (C=N–C) groups is 1. The number of carbonyl (C=O) groups excluding carboxylic acids is 1. The summed E-state index contributed by atoms with van der Waals surface area (Å²) in [5.41, 5.74) is 1.21. The summed E-state index contributed by atoms with van der Waals surface area (Å²) in [6, 6.07) is 3.59. The number of ether oxygens (including phenoxy) is 1. The second-order valence-electron chi connectivity index (χ2n) is 5.75. The Morgan fingerprint density at radius 2 is 2.24 bits per heavy atom. The van der Waals surface area contributed by atoms with Crippen LogP contribution in [0.1, 0.15) is 20.3 Å². The van der Waals surface area contributed by atoms with E-state index in [1.165, 1.54) is 16.8 Å². The summed E-state index contributed by atoms with van der Waals surface area (Å²) < 4.78 is 5.21. The van der Waals surface area contributed by atoms with Crippen LogP contribution in [0.3, 0.4) is 0 Å². The van der Waals surface area contributed by atoms with E-state index in [0.29, 0.717) is 17.2 Å². The van der Waals surface area contributed by atoms with Crippen molar-refractivity contribution in [2.45, 2.75) is 36.0 Å². The van der Waals surface area contributed by atoms with Crippen molar-refractivity contribution < 1.29 is 9.53 Å². The highest BCUT2D eigenvalue weighted by molar-refractivity contribution is 8.01. The lowest BCUT2D eigenvalue weighted by Crippen LogP contribution is -2.62. The molecular formula is C14H16ClN3O2S. The molecule has 1 unspecified atom stereocenters. The molecule has 1 aromatic rings. The van der Waals surface area contributed by atoms with Gasteiger partial charge in [-0.05, 0) is 26.0 Å². The summed E-state index contributed by atoms with van der Waals surface area (Å²) in [4.78, 5) is 18.0. The minimum absolute atomic E-state index is 0.116. The highest BCUT2D eigenvalue weighted by atomic mass is 35.5. The molecule has 1 saturated heterocycles. The topological polar surface area (TPSA) is 67.9 Å². The van der Waals surface area contributed by atoms with Crippen LogP contribution >= 0.6 is 23.4 Å². The Balaban J connectivity index is 2.07. The Labute approximate surface area is 132 Å². The molecular weight excluding hydrogens is 310 g/mol. The largest absolute Gasteiger partial charge is 0.495 e. The number of amides is 1. The van der Waals surface area contributed by atoms with Crippen molar-refractivity contribution in [3.63, 3.8) is 0 Å². The molecule has 1 aromatic carbocycles. The maximum Gasteiger partial charge on any atom is 0.256 e. The quantitative estimate of drug-likeness (QED) is 0.637. The standard InChI is InChI=1S/C14H16ClN3O2S/c1-14(2)6-9-12(13(19)18(14)16)21-11-5-10(20-3)7(15)4-8(11)17-9/h4-5,12H,6,16H2,1-3H3. The van der Waals surface area contributed by atoms with E-state index in [1.54, 1.807) is 13.2 Å². The molecule has 1 fully saturated rings. The van der Waals surface area contributed by atoms with E-state index in [0.717, 1.165) is 16.3 Å². The second kappa shape index (κ2) is 4.90. The van der Waals surface area contributed by atoms with Gasteiger partial charge in [0.05, 0.1) is 23.4 Å². The first-order valence-corrected chi connectivity index (χ1v) is 7.79. The Morgan fingerprint density at radius 1 is 1.52 bits per heavy atom. The molecule has 0 aliphatic carbocycles. The van der Waals surface area contributed by atoms with Gasteiger partial charge in [0.25, 0.3) is 5.91 Å². The van der Waals surface area contributed by atoms with Crippen molar-refractivity contribution in [2.75, 3.05) is 7.11 Å². The molecule has 2 aliphatic heterocycles. The molecule has 3 rings (SSSR count). The molecule has 0 saturated carbocycles. The van der Waals surface area contributed by atoms with Crippen LogP contribution in [0, 0.1) is 0 Å². The molecule has 2 heterocycles. The molecule has 2 aliphatic rings. The summed E-state index contributed by atoms with van der Waals surface area (Å²) in [6.45, 7) is 3.87. The molecule has 0 spiro atoms. The van der Waals surface area contributed by atoms with Crippen LogP contribution in [0.2, 0.25) is 5.02 Å².